The van der Waals surface area contributed by atoms with Gasteiger partial charge in [0.1, 0.15) is 36.1 Å². The van der Waals surface area contributed by atoms with Crippen molar-refractivity contribution in [3.8, 4) is 0 Å². The Bertz CT molecular complexity index is 710. The summed E-state index contributed by atoms with van der Waals surface area (Å²) in [4.78, 5) is 11.9. The molecule has 0 saturated carbocycles. The molecule has 2 fully saturated rings. The van der Waals surface area contributed by atoms with Crippen LogP contribution in [0, 0.1) is 11.3 Å². The molecule has 0 bridgehead atoms. The van der Waals surface area contributed by atoms with Crippen LogP contribution in [-0.2, 0) is 23.7 Å². The highest BCUT2D eigenvalue weighted by Gasteiger charge is 2.50. The summed E-state index contributed by atoms with van der Waals surface area (Å²) in [6.07, 6.45) is -7.88. The fourth-order valence-electron chi connectivity index (χ4n) is 4.46. The normalized spacial score (nSPS) is 44.5. The maximum Gasteiger partial charge on any atom is 0.186 e. The number of hydrogen-bond acceptors (Lipinski definition) is 11. The van der Waals surface area contributed by atoms with E-state index < -0.39 is 55.3 Å². The number of aliphatic hydroxyl groups is 6. The molecule has 11 nitrogen and oxygen atoms in total. The number of hydrogen-bond donors (Lipinski definition) is 6. The topological polar surface area (TPSA) is 175 Å². The van der Waals surface area contributed by atoms with Gasteiger partial charge in [-0.25, -0.2) is 0 Å². The van der Waals surface area contributed by atoms with E-state index in [1.807, 2.05) is 20.8 Å². The van der Waals surface area contributed by atoms with E-state index in [-0.39, 0.29) is 36.9 Å². The molecule has 11 heteroatoms. The summed E-state index contributed by atoms with van der Waals surface area (Å²) in [5.74, 6) is -0.0780. The van der Waals surface area contributed by atoms with Gasteiger partial charge in [0.25, 0.3) is 0 Å². The van der Waals surface area contributed by atoms with Crippen molar-refractivity contribution in [3.63, 3.8) is 0 Å². The van der Waals surface area contributed by atoms with E-state index in [0.717, 1.165) is 5.57 Å². The van der Waals surface area contributed by atoms with Crippen LogP contribution < -0.4 is 0 Å². The zero-order chi connectivity index (χ0) is 23.8. The Kier molecular flexibility index (Phi) is 7.77. The molecule has 0 radical (unpaired) electrons. The van der Waals surface area contributed by atoms with Crippen LogP contribution in [0.25, 0.3) is 0 Å². The van der Waals surface area contributed by atoms with E-state index in [0.29, 0.717) is 6.42 Å². The van der Waals surface area contributed by atoms with Crippen LogP contribution in [0.4, 0.5) is 0 Å². The summed E-state index contributed by atoms with van der Waals surface area (Å²) in [6, 6.07) is 0. The fraction of sp³-hybridized carbons (Fsp3) is 0.857. The SMILES string of the molecule is CC1=CC(=O)CC(C)(C)[C@H]1CO[C@@H]1O[C@H](CO[C@@H]2OC[C@](O)(CO)[C@H]2O)[C@@H](O)[C@H](O)[C@H]1O. The summed E-state index contributed by atoms with van der Waals surface area (Å²) < 4.78 is 21.9. The Morgan fingerprint density at radius 3 is 2.31 bits per heavy atom. The van der Waals surface area contributed by atoms with E-state index in [4.69, 9.17) is 18.9 Å². The van der Waals surface area contributed by atoms with E-state index in [2.05, 4.69) is 0 Å². The van der Waals surface area contributed by atoms with Gasteiger partial charge in [-0.05, 0) is 18.4 Å². The Balaban J connectivity index is 1.61. The molecule has 0 unspecified atom stereocenters. The summed E-state index contributed by atoms with van der Waals surface area (Å²) in [5.41, 5.74) is -1.38. The minimum absolute atomic E-state index is 0.0397. The van der Waals surface area contributed by atoms with Crippen molar-refractivity contribution in [1.29, 1.82) is 0 Å². The first-order valence-electron chi connectivity index (χ1n) is 10.7. The van der Waals surface area contributed by atoms with Crippen LogP contribution in [0.2, 0.25) is 0 Å². The number of ketones is 1. The second-order valence-electron chi connectivity index (χ2n) is 9.64. The second-order valence-corrected chi connectivity index (χ2v) is 9.64. The van der Waals surface area contributed by atoms with Crippen molar-refractivity contribution in [3.05, 3.63) is 11.6 Å². The van der Waals surface area contributed by atoms with Crippen molar-refractivity contribution in [1.82, 2.24) is 0 Å². The van der Waals surface area contributed by atoms with E-state index in [1.165, 1.54) is 0 Å². The highest BCUT2D eigenvalue weighted by atomic mass is 16.7. The van der Waals surface area contributed by atoms with Gasteiger partial charge < -0.3 is 49.6 Å². The van der Waals surface area contributed by atoms with Gasteiger partial charge in [0.05, 0.1) is 26.4 Å². The van der Waals surface area contributed by atoms with Gasteiger partial charge >= 0.3 is 0 Å². The quantitative estimate of drug-likeness (QED) is 0.243. The molecule has 2 heterocycles. The maximum atomic E-state index is 11.9. The molecule has 2 saturated heterocycles. The maximum absolute atomic E-state index is 11.9. The van der Waals surface area contributed by atoms with Gasteiger partial charge in [-0.3, -0.25) is 4.79 Å². The number of aliphatic hydroxyl groups excluding tert-OH is 5. The predicted molar refractivity (Wildman–Crippen MR) is 107 cm³/mol. The molecule has 0 aromatic carbocycles. The van der Waals surface area contributed by atoms with Crippen molar-refractivity contribution in [2.45, 2.75) is 75.9 Å². The molecule has 3 rings (SSSR count). The van der Waals surface area contributed by atoms with E-state index in [1.54, 1.807) is 6.08 Å². The van der Waals surface area contributed by atoms with Gasteiger partial charge in [-0.2, -0.15) is 0 Å². The molecule has 9 atom stereocenters. The van der Waals surface area contributed by atoms with Gasteiger partial charge in [0, 0.05) is 12.3 Å². The van der Waals surface area contributed by atoms with Crippen molar-refractivity contribution >= 4 is 5.78 Å². The average molecular weight is 462 g/mol. The Labute approximate surface area is 186 Å². The highest BCUT2D eigenvalue weighted by Crippen LogP contribution is 2.40. The third-order valence-corrected chi connectivity index (χ3v) is 6.61. The number of carbonyl (C=O) groups is 1. The smallest absolute Gasteiger partial charge is 0.186 e. The van der Waals surface area contributed by atoms with Crippen LogP contribution in [0.15, 0.2) is 11.6 Å². The van der Waals surface area contributed by atoms with Crippen molar-refractivity contribution in [2.75, 3.05) is 26.4 Å². The molecular formula is C21H34O11. The van der Waals surface area contributed by atoms with Gasteiger partial charge in [0.15, 0.2) is 18.4 Å². The van der Waals surface area contributed by atoms with Crippen LogP contribution in [0.3, 0.4) is 0 Å². The lowest BCUT2D eigenvalue weighted by Crippen LogP contribution is -2.60. The molecular weight excluding hydrogens is 428 g/mol. The zero-order valence-corrected chi connectivity index (χ0v) is 18.5. The molecule has 2 aliphatic heterocycles. The lowest BCUT2D eigenvalue weighted by atomic mass is 9.68. The first-order chi connectivity index (χ1) is 14.9. The van der Waals surface area contributed by atoms with Gasteiger partial charge in [-0.1, -0.05) is 19.4 Å². The van der Waals surface area contributed by atoms with Crippen LogP contribution in [0.1, 0.15) is 27.2 Å². The van der Waals surface area contributed by atoms with Crippen LogP contribution in [-0.4, -0.2) is 112 Å². The number of rotatable bonds is 7. The van der Waals surface area contributed by atoms with Crippen LogP contribution in [0.5, 0.6) is 0 Å². The third-order valence-electron chi connectivity index (χ3n) is 6.61. The summed E-state index contributed by atoms with van der Waals surface area (Å²) in [5, 5.41) is 60.1. The summed E-state index contributed by atoms with van der Waals surface area (Å²) in [6.45, 7) is 4.43. The minimum atomic E-state index is -1.86. The van der Waals surface area contributed by atoms with Gasteiger partial charge in [-0.15, -0.1) is 0 Å². The molecule has 0 amide bonds. The largest absolute Gasteiger partial charge is 0.393 e. The molecule has 32 heavy (non-hydrogen) atoms. The number of allylic oxidation sites excluding steroid dienone is 1. The molecule has 3 aliphatic rings. The highest BCUT2D eigenvalue weighted by molar-refractivity contribution is 5.91. The predicted octanol–water partition coefficient (Wildman–Crippen LogP) is -2.17. The number of carbonyl (C=O) groups excluding carboxylic acids is 1. The Hall–Kier alpha value is -0.990. The first kappa shape index (κ1) is 25.6. The zero-order valence-electron chi connectivity index (χ0n) is 18.5. The van der Waals surface area contributed by atoms with Crippen LogP contribution >= 0.6 is 0 Å². The first-order valence-corrected chi connectivity index (χ1v) is 10.7. The third kappa shape index (κ3) is 5.07. The average Bonchev–Trinajstić information content (AvgIpc) is 3.00. The second kappa shape index (κ2) is 9.71. The summed E-state index contributed by atoms with van der Waals surface area (Å²) >= 11 is 0. The molecule has 6 N–H and O–H groups in total. The molecule has 184 valence electrons. The monoisotopic (exact) mass is 462 g/mol. The van der Waals surface area contributed by atoms with Crippen molar-refractivity contribution in [2.24, 2.45) is 11.3 Å². The van der Waals surface area contributed by atoms with E-state index >= 15 is 0 Å². The summed E-state index contributed by atoms with van der Waals surface area (Å²) in [7, 11) is 0. The molecule has 1 aliphatic carbocycles. The standard InChI is InChI=1S/C21H34O11/c1-10-4-11(23)5-20(2,3)12(10)6-29-18-16(26)15(25)14(24)13(32-18)7-30-19-17(27)21(28,8-22)9-31-19/h4,12-19,22,24-28H,5-9H2,1-3H3/t12-,13+,14+,15-,16+,17-,18+,19+,21+/m0/s1. The Morgan fingerprint density at radius 1 is 1.06 bits per heavy atom. The lowest BCUT2D eigenvalue weighted by Gasteiger charge is -2.42. The van der Waals surface area contributed by atoms with Gasteiger partial charge in [0.2, 0.25) is 0 Å². The lowest BCUT2D eigenvalue weighted by molar-refractivity contribution is -0.312. The Morgan fingerprint density at radius 2 is 1.72 bits per heavy atom. The van der Waals surface area contributed by atoms with Crippen molar-refractivity contribution < 1.29 is 54.4 Å². The minimum Gasteiger partial charge on any atom is -0.393 e. The molecule has 0 aromatic heterocycles. The fourth-order valence-corrected chi connectivity index (χ4v) is 4.46. The van der Waals surface area contributed by atoms with E-state index in [9.17, 15) is 35.4 Å². The molecule has 0 spiro atoms. The number of ether oxygens (including phenoxy) is 4. The molecule has 0 aromatic rings.